The van der Waals surface area contributed by atoms with E-state index in [-0.39, 0.29) is 0 Å². The lowest BCUT2D eigenvalue weighted by atomic mass is 10.7. The quantitative estimate of drug-likeness (QED) is 0.605. The van der Waals surface area contributed by atoms with Crippen LogP contribution in [0.5, 0.6) is 0 Å². The molecule has 0 aromatic carbocycles. The molecule has 1 aromatic rings. The van der Waals surface area contributed by atoms with Crippen molar-refractivity contribution >= 4 is 16.5 Å². The van der Waals surface area contributed by atoms with E-state index in [2.05, 4.69) is 15.5 Å². The van der Waals surface area contributed by atoms with Gasteiger partial charge in [0, 0.05) is 6.54 Å². The van der Waals surface area contributed by atoms with Gasteiger partial charge < -0.3 is 11.1 Å². The molecular formula is C4H8N4S. The predicted octanol–water partition coefficient (Wildman–Crippen LogP) is -0.160. The molecule has 9 heavy (non-hydrogen) atoms. The van der Waals surface area contributed by atoms with Crippen LogP contribution in [0.1, 0.15) is 5.01 Å². The molecule has 5 heteroatoms. The molecule has 0 atom stereocenters. The molecule has 0 aliphatic carbocycles. The first kappa shape index (κ1) is 6.44. The fraction of sp³-hybridized carbons (Fsp3) is 0.500. The third kappa shape index (κ3) is 1.62. The molecule has 1 rings (SSSR count). The highest BCUT2D eigenvalue weighted by Crippen LogP contribution is 2.09. The summed E-state index contributed by atoms with van der Waals surface area (Å²) in [5, 5.41) is 11.8. The molecule has 0 fully saturated rings. The van der Waals surface area contributed by atoms with E-state index < -0.39 is 0 Å². The summed E-state index contributed by atoms with van der Waals surface area (Å²) in [6.07, 6.45) is 0. The van der Waals surface area contributed by atoms with E-state index in [9.17, 15) is 0 Å². The highest BCUT2D eigenvalue weighted by atomic mass is 32.1. The Labute approximate surface area is 57.1 Å². The van der Waals surface area contributed by atoms with E-state index in [1.807, 2.05) is 7.05 Å². The van der Waals surface area contributed by atoms with Gasteiger partial charge in [0.2, 0.25) is 5.13 Å². The van der Waals surface area contributed by atoms with Crippen LogP contribution in [-0.2, 0) is 6.54 Å². The average molecular weight is 144 g/mol. The molecule has 0 bridgehead atoms. The van der Waals surface area contributed by atoms with Crippen molar-refractivity contribution in [3.8, 4) is 0 Å². The molecule has 4 nitrogen and oxygen atoms in total. The van der Waals surface area contributed by atoms with Crippen molar-refractivity contribution in [3.05, 3.63) is 5.01 Å². The van der Waals surface area contributed by atoms with Gasteiger partial charge >= 0.3 is 0 Å². The molecule has 0 amide bonds. The van der Waals surface area contributed by atoms with Crippen LogP contribution in [0.2, 0.25) is 0 Å². The van der Waals surface area contributed by atoms with Gasteiger partial charge in [0.1, 0.15) is 5.01 Å². The molecule has 0 saturated carbocycles. The molecule has 0 saturated heterocycles. The summed E-state index contributed by atoms with van der Waals surface area (Å²) in [6, 6.07) is 0. The molecule has 0 aliphatic rings. The first-order valence-electron chi connectivity index (χ1n) is 2.55. The third-order valence-corrected chi connectivity index (χ3v) is 1.56. The second-order valence-corrected chi connectivity index (χ2v) is 2.66. The summed E-state index contributed by atoms with van der Waals surface area (Å²) < 4.78 is 0. The average Bonchev–Trinajstić information content (AvgIpc) is 2.17. The zero-order valence-corrected chi connectivity index (χ0v) is 5.90. The van der Waals surface area contributed by atoms with Crippen LogP contribution < -0.4 is 11.1 Å². The molecule has 0 spiro atoms. The minimum Gasteiger partial charge on any atom is -0.374 e. The number of hydrogen-bond acceptors (Lipinski definition) is 5. The van der Waals surface area contributed by atoms with Crippen molar-refractivity contribution < 1.29 is 0 Å². The number of aromatic nitrogens is 2. The van der Waals surface area contributed by atoms with Gasteiger partial charge in [-0.05, 0) is 7.05 Å². The van der Waals surface area contributed by atoms with Crippen LogP contribution >= 0.6 is 11.3 Å². The monoisotopic (exact) mass is 144 g/mol. The first-order chi connectivity index (χ1) is 4.33. The number of nitrogen functional groups attached to an aromatic ring is 1. The van der Waals surface area contributed by atoms with Crippen LogP contribution in [0.4, 0.5) is 5.13 Å². The molecule has 1 aromatic heterocycles. The van der Waals surface area contributed by atoms with Gasteiger partial charge in [0.05, 0.1) is 0 Å². The number of rotatable bonds is 2. The topological polar surface area (TPSA) is 63.8 Å². The normalized spacial score (nSPS) is 9.89. The van der Waals surface area contributed by atoms with Crippen LogP contribution in [0.15, 0.2) is 0 Å². The lowest BCUT2D eigenvalue weighted by Crippen LogP contribution is -2.04. The maximum atomic E-state index is 5.33. The summed E-state index contributed by atoms with van der Waals surface area (Å²) >= 11 is 1.41. The summed E-state index contributed by atoms with van der Waals surface area (Å²) in [4.78, 5) is 0. The predicted molar refractivity (Wildman–Crippen MR) is 37.1 cm³/mol. The van der Waals surface area contributed by atoms with E-state index in [1.54, 1.807) is 0 Å². The van der Waals surface area contributed by atoms with Crippen LogP contribution in [0.3, 0.4) is 0 Å². The minimum atomic E-state index is 0.528. The zero-order chi connectivity index (χ0) is 6.69. The van der Waals surface area contributed by atoms with E-state index in [4.69, 9.17) is 5.73 Å². The van der Waals surface area contributed by atoms with Gasteiger partial charge in [0.15, 0.2) is 0 Å². The van der Waals surface area contributed by atoms with E-state index in [0.29, 0.717) is 5.13 Å². The van der Waals surface area contributed by atoms with Gasteiger partial charge in [-0.25, -0.2) is 0 Å². The number of anilines is 1. The maximum absolute atomic E-state index is 5.33. The Hall–Kier alpha value is -0.680. The second-order valence-electron chi connectivity index (χ2n) is 1.56. The molecule has 3 N–H and O–H groups in total. The number of nitrogens with two attached hydrogens (primary N) is 1. The molecular weight excluding hydrogens is 136 g/mol. The van der Waals surface area contributed by atoms with Crippen molar-refractivity contribution in [2.75, 3.05) is 12.8 Å². The van der Waals surface area contributed by atoms with Gasteiger partial charge in [-0.2, -0.15) is 0 Å². The smallest absolute Gasteiger partial charge is 0.203 e. The Morgan fingerprint density at radius 3 is 2.89 bits per heavy atom. The van der Waals surface area contributed by atoms with Gasteiger partial charge in [0.25, 0.3) is 0 Å². The molecule has 0 aliphatic heterocycles. The number of hydrogen-bond donors (Lipinski definition) is 2. The van der Waals surface area contributed by atoms with Crippen molar-refractivity contribution in [1.29, 1.82) is 0 Å². The lowest BCUT2D eigenvalue weighted by molar-refractivity contribution is 0.795. The van der Waals surface area contributed by atoms with E-state index >= 15 is 0 Å². The Bertz CT molecular complexity index is 184. The van der Waals surface area contributed by atoms with Gasteiger partial charge in [-0.15, -0.1) is 10.2 Å². The fourth-order valence-electron chi connectivity index (χ4n) is 0.489. The molecule has 50 valence electrons. The maximum Gasteiger partial charge on any atom is 0.203 e. The van der Waals surface area contributed by atoms with Crippen LogP contribution in [0, 0.1) is 0 Å². The Morgan fingerprint density at radius 1 is 1.67 bits per heavy atom. The SMILES string of the molecule is CNCc1nnc(N)s1. The molecule has 1 heterocycles. The summed E-state index contributed by atoms with van der Waals surface area (Å²) in [5.41, 5.74) is 5.33. The Balaban J connectivity index is 2.61. The number of nitrogens with zero attached hydrogens (tertiary/aromatic N) is 2. The van der Waals surface area contributed by atoms with E-state index in [1.165, 1.54) is 11.3 Å². The summed E-state index contributed by atoms with van der Waals surface area (Å²) in [6.45, 7) is 0.745. The third-order valence-electron chi connectivity index (χ3n) is 0.810. The van der Waals surface area contributed by atoms with Crippen molar-refractivity contribution in [2.45, 2.75) is 6.54 Å². The van der Waals surface area contributed by atoms with Crippen LogP contribution in [-0.4, -0.2) is 17.2 Å². The zero-order valence-electron chi connectivity index (χ0n) is 5.09. The first-order valence-corrected chi connectivity index (χ1v) is 3.37. The Kier molecular flexibility index (Phi) is 1.96. The van der Waals surface area contributed by atoms with Crippen molar-refractivity contribution in [2.24, 2.45) is 0 Å². The van der Waals surface area contributed by atoms with Crippen molar-refractivity contribution in [3.63, 3.8) is 0 Å². The van der Waals surface area contributed by atoms with E-state index in [0.717, 1.165) is 11.6 Å². The Morgan fingerprint density at radius 2 is 2.44 bits per heavy atom. The highest BCUT2D eigenvalue weighted by molar-refractivity contribution is 7.15. The lowest BCUT2D eigenvalue weighted by Gasteiger charge is -1.86. The summed E-state index contributed by atoms with van der Waals surface area (Å²) in [7, 11) is 1.86. The van der Waals surface area contributed by atoms with Crippen molar-refractivity contribution in [1.82, 2.24) is 15.5 Å². The fourth-order valence-corrected chi connectivity index (χ4v) is 1.11. The standard InChI is InChI=1S/C4H8N4S/c1-6-2-3-7-8-4(5)9-3/h6H,2H2,1H3,(H2,5,8). The van der Waals surface area contributed by atoms with Gasteiger partial charge in [-0.1, -0.05) is 11.3 Å². The van der Waals surface area contributed by atoms with Gasteiger partial charge in [-0.3, -0.25) is 0 Å². The highest BCUT2D eigenvalue weighted by Gasteiger charge is 1.96. The minimum absolute atomic E-state index is 0.528. The largest absolute Gasteiger partial charge is 0.374 e. The summed E-state index contributed by atoms with van der Waals surface area (Å²) in [5.74, 6) is 0. The number of nitrogens with one attached hydrogen (secondary N) is 1. The molecule has 0 unspecified atom stereocenters. The second kappa shape index (κ2) is 2.75. The molecule has 0 radical (unpaired) electrons. The van der Waals surface area contributed by atoms with Crippen LogP contribution in [0.25, 0.3) is 0 Å².